The van der Waals surface area contributed by atoms with E-state index in [2.05, 4.69) is 5.32 Å². The van der Waals surface area contributed by atoms with Crippen LogP contribution in [0.15, 0.2) is 17.0 Å². The van der Waals surface area contributed by atoms with Crippen molar-refractivity contribution in [3.05, 3.63) is 23.3 Å². The molecule has 172 valence electrons. The van der Waals surface area contributed by atoms with Crippen molar-refractivity contribution in [2.45, 2.75) is 50.3 Å². The number of anilines is 1. The molecule has 0 aromatic heterocycles. The lowest BCUT2D eigenvalue weighted by Gasteiger charge is -2.24. The molecule has 0 aliphatic heterocycles. The van der Waals surface area contributed by atoms with Gasteiger partial charge in [0.25, 0.3) is 0 Å². The van der Waals surface area contributed by atoms with E-state index in [0.29, 0.717) is 31.2 Å². The molecule has 7 nitrogen and oxygen atoms in total. The number of ether oxygens (including phenoxy) is 1. The first kappa shape index (κ1) is 24.8. The third kappa shape index (κ3) is 5.63. The van der Waals surface area contributed by atoms with Gasteiger partial charge in [0.2, 0.25) is 0 Å². The first-order valence-corrected chi connectivity index (χ1v) is 11.3. The number of carbonyl (C=O) groups excluding carboxylic acids is 3. The van der Waals surface area contributed by atoms with Crippen LogP contribution in [0.1, 0.15) is 49.5 Å². The zero-order valence-corrected chi connectivity index (χ0v) is 18.5. The van der Waals surface area contributed by atoms with Crippen LogP contribution in [0.3, 0.4) is 0 Å². The summed E-state index contributed by atoms with van der Waals surface area (Å²) in [5.41, 5.74) is -3.85. The van der Waals surface area contributed by atoms with Gasteiger partial charge in [-0.1, -0.05) is 0 Å². The van der Waals surface area contributed by atoms with Gasteiger partial charge >= 0.3 is 12.1 Å². The number of Topliss-reactive ketones (excluding diaryl/α,β-unsaturated/α-hetero) is 2. The maximum absolute atomic E-state index is 13.4. The summed E-state index contributed by atoms with van der Waals surface area (Å²) in [7, 11) is -3.30. The van der Waals surface area contributed by atoms with Crippen molar-refractivity contribution in [3.8, 4) is 0 Å². The maximum Gasteiger partial charge on any atom is 0.418 e. The first-order chi connectivity index (χ1) is 14.0. The lowest BCUT2D eigenvalue weighted by molar-refractivity contribution is -0.160. The van der Waals surface area contributed by atoms with Crippen molar-refractivity contribution < 1.29 is 40.7 Å². The number of sulfone groups is 1. The Bertz CT molecular complexity index is 1020. The second kappa shape index (κ2) is 8.25. The average Bonchev–Trinajstić information content (AvgIpc) is 3.42. The minimum absolute atomic E-state index is 0.457. The van der Waals surface area contributed by atoms with E-state index in [1.165, 1.54) is 20.8 Å². The summed E-state index contributed by atoms with van der Waals surface area (Å²) < 4.78 is 70.2. The Hall–Kier alpha value is -2.43. The summed E-state index contributed by atoms with van der Waals surface area (Å²) in [6.45, 7) is 4.56. The normalized spacial score (nSPS) is 15.9. The Labute approximate surface area is 178 Å². The predicted octanol–water partition coefficient (Wildman–Crippen LogP) is 3.27. The van der Waals surface area contributed by atoms with Gasteiger partial charge < -0.3 is 10.1 Å². The van der Waals surface area contributed by atoms with Crippen LogP contribution in [0, 0.1) is 11.8 Å². The van der Waals surface area contributed by atoms with Gasteiger partial charge in [0.1, 0.15) is 10.5 Å². The van der Waals surface area contributed by atoms with Crippen LogP contribution in [0.5, 0.6) is 0 Å². The summed E-state index contributed by atoms with van der Waals surface area (Å²) in [5.74, 6) is -5.63. The third-order valence-corrected chi connectivity index (χ3v) is 5.68. The molecule has 0 amide bonds. The molecule has 0 heterocycles. The van der Waals surface area contributed by atoms with Crippen LogP contribution in [0.4, 0.5) is 18.9 Å². The lowest BCUT2D eigenvalue weighted by atomic mass is 9.90. The molecule has 0 radical (unpaired) electrons. The summed E-state index contributed by atoms with van der Waals surface area (Å²) in [6, 6.07) is 1.22. The SMILES string of the molecule is CNc1c(C(F)(F)F)ccc(C(=O)C(C(=O)OC(C)(C)C)C(=O)C2CC2)c1S(C)(=O)=O. The van der Waals surface area contributed by atoms with Gasteiger partial charge in [0.15, 0.2) is 27.3 Å². The number of esters is 1. The smallest absolute Gasteiger partial charge is 0.418 e. The van der Waals surface area contributed by atoms with E-state index in [4.69, 9.17) is 4.74 Å². The van der Waals surface area contributed by atoms with Gasteiger partial charge in [-0.25, -0.2) is 8.42 Å². The number of hydrogen-bond donors (Lipinski definition) is 1. The molecule has 2 rings (SSSR count). The summed E-state index contributed by atoms with van der Waals surface area (Å²) in [5, 5.41) is 2.19. The Morgan fingerprint density at radius 3 is 2.06 bits per heavy atom. The minimum atomic E-state index is -4.91. The average molecular weight is 463 g/mol. The molecule has 1 unspecified atom stereocenters. The zero-order chi connectivity index (χ0) is 23.9. The Balaban J connectivity index is 2.72. The standard InChI is InChI=1S/C20H24F3NO6S/c1-19(2,3)30-18(27)13(15(25)10-6-7-10)16(26)11-8-9-12(20(21,22)23)14(24-4)17(11)31(5,28)29/h8-10,13,24H,6-7H2,1-5H3. The predicted molar refractivity (Wildman–Crippen MR) is 105 cm³/mol. The van der Waals surface area contributed by atoms with Crippen molar-refractivity contribution in [1.82, 2.24) is 0 Å². The van der Waals surface area contributed by atoms with E-state index in [0.717, 1.165) is 7.05 Å². The fourth-order valence-electron chi connectivity index (χ4n) is 3.12. The van der Waals surface area contributed by atoms with E-state index in [9.17, 15) is 36.0 Å². The molecular formula is C20H24F3NO6S. The number of carbonyl (C=O) groups is 3. The van der Waals surface area contributed by atoms with Crippen LogP contribution in [0.2, 0.25) is 0 Å². The molecule has 1 aromatic rings. The molecule has 1 aliphatic carbocycles. The molecular weight excluding hydrogens is 439 g/mol. The number of hydrogen-bond acceptors (Lipinski definition) is 7. The van der Waals surface area contributed by atoms with Crippen molar-refractivity contribution in [1.29, 1.82) is 0 Å². The second-order valence-corrected chi connectivity index (χ2v) is 10.3. The van der Waals surface area contributed by atoms with E-state index in [-0.39, 0.29) is 0 Å². The van der Waals surface area contributed by atoms with Gasteiger partial charge in [-0.05, 0) is 45.7 Å². The molecule has 1 saturated carbocycles. The van der Waals surface area contributed by atoms with E-state index < -0.39 is 72.7 Å². The lowest BCUT2D eigenvalue weighted by Crippen LogP contribution is -2.39. The Morgan fingerprint density at radius 2 is 1.68 bits per heavy atom. The van der Waals surface area contributed by atoms with E-state index >= 15 is 0 Å². The molecule has 11 heteroatoms. The van der Waals surface area contributed by atoms with Gasteiger partial charge in [-0.3, -0.25) is 14.4 Å². The van der Waals surface area contributed by atoms with Crippen LogP contribution >= 0.6 is 0 Å². The highest BCUT2D eigenvalue weighted by atomic mass is 32.2. The molecule has 1 N–H and O–H groups in total. The monoisotopic (exact) mass is 463 g/mol. The summed E-state index contributed by atoms with van der Waals surface area (Å²) >= 11 is 0. The number of halogens is 3. The van der Waals surface area contributed by atoms with Gasteiger partial charge in [0.05, 0.1) is 11.3 Å². The number of rotatable bonds is 7. The zero-order valence-electron chi connectivity index (χ0n) is 17.7. The van der Waals surface area contributed by atoms with Crippen molar-refractivity contribution in [3.63, 3.8) is 0 Å². The van der Waals surface area contributed by atoms with Crippen molar-refractivity contribution >= 4 is 33.1 Å². The van der Waals surface area contributed by atoms with E-state index in [1.54, 1.807) is 0 Å². The van der Waals surface area contributed by atoms with Crippen molar-refractivity contribution in [2.75, 3.05) is 18.6 Å². The molecule has 31 heavy (non-hydrogen) atoms. The molecule has 1 fully saturated rings. The highest BCUT2D eigenvalue weighted by Gasteiger charge is 2.46. The molecule has 1 atom stereocenters. The largest absolute Gasteiger partial charge is 0.459 e. The number of benzene rings is 1. The molecule has 1 aromatic carbocycles. The topological polar surface area (TPSA) is 107 Å². The minimum Gasteiger partial charge on any atom is -0.459 e. The van der Waals surface area contributed by atoms with E-state index in [1.807, 2.05) is 0 Å². The highest BCUT2D eigenvalue weighted by Crippen LogP contribution is 2.41. The molecule has 0 bridgehead atoms. The maximum atomic E-state index is 13.4. The number of alkyl halides is 3. The highest BCUT2D eigenvalue weighted by molar-refractivity contribution is 7.91. The number of ketones is 2. The van der Waals surface area contributed by atoms with Crippen LogP contribution < -0.4 is 5.32 Å². The Kier molecular flexibility index (Phi) is 6.61. The third-order valence-electron chi connectivity index (χ3n) is 4.52. The van der Waals surface area contributed by atoms with Crippen LogP contribution in [-0.2, 0) is 30.3 Å². The van der Waals surface area contributed by atoms with Gasteiger partial charge in [0, 0.05) is 24.8 Å². The van der Waals surface area contributed by atoms with Crippen molar-refractivity contribution in [2.24, 2.45) is 11.8 Å². The molecule has 0 saturated heterocycles. The summed E-state index contributed by atoms with van der Waals surface area (Å²) in [4.78, 5) is 37.7. The van der Waals surface area contributed by atoms with Gasteiger partial charge in [-0.2, -0.15) is 13.2 Å². The fraction of sp³-hybridized carbons (Fsp3) is 0.550. The first-order valence-electron chi connectivity index (χ1n) is 9.42. The Morgan fingerprint density at radius 1 is 1.13 bits per heavy atom. The van der Waals surface area contributed by atoms with Crippen LogP contribution in [-0.4, -0.2) is 44.9 Å². The summed E-state index contributed by atoms with van der Waals surface area (Å²) in [6.07, 6.45) is -3.35. The fourth-order valence-corrected chi connectivity index (χ4v) is 4.27. The van der Waals surface area contributed by atoms with Crippen LogP contribution in [0.25, 0.3) is 0 Å². The molecule has 0 spiro atoms. The van der Waals surface area contributed by atoms with Gasteiger partial charge in [-0.15, -0.1) is 0 Å². The molecule has 1 aliphatic rings. The quantitative estimate of drug-likeness (QED) is 0.376. The second-order valence-electron chi connectivity index (χ2n) is 8.39. The number of nitrogens with one attached hydrogen (secondary N) is 1.